The molecular formula is C13H20O4. The minimum atomic E-state index is -0.933. The van der Waals surface area contributed by atoms with E-state index < -0.39 is 5.97 Å². The van der Waals surface area contributed by atoms with Gasteiger partial charge in [-0.25, -0.2) is 4.79 Å². The van der Waals surface area contributed by atoms with Gasteiger partial charge in [0.2, 0.25) is 0 Å². The van der Waals surface area contributed by atoms with Gasteiger partial charge in [0.1, 0.15) is 12.2 Å². The van der Waals surface area contributed by atoms with Gasteiger partial charge in [-0.05, 0) is 26.7 Å². The van der Waals surface area contributed by atoms with E-state index in [1.54, 1.807) is 0 Å². The topological polar surface area (TPSA) is 55.8 Å². The molecular weight excluding hydrogens is 220 g/mol. The summed E-state index contributed by atoms with van der Waals surface area (Å²) in [6, 6.07) is 0. The van der Waals surface area contributed by atoms with Crippen molar-refractivity contribution < 1.29 is 19.4 Å². The summed E-state index contributed by atoms with van der Waals surface area (Å²) in [4.78, 5) is 10.5. The Balaban J connectivity index is 2.38. The van der Waals surface area contributed by atoms with Gasteiger partial charge in [0.05, 0.1) is 13.2 Å². The molecule has 0 bridgehead atoms. The van der Waals surface area contributed by atoms with Crippen LogP contribution in [-0.2, 0) is 14.3 Å². The van der Waals surface area contributed by atoms with E-state index in [4.69, 9.17) is 14.6 Å². The molecule has 0 unspecified atom stereocenters. The van der Waals surface area contributed by atoms with Gasteiger partial charge >= 0.3 is 5.97 Å². The molecule has 0 aromatic rings. The highest BCUT2D eigenvalue weighted by molar-refractivity contribution is 5.68. The standard InChI is InChI=1S/C13H20O4/c1-3-4-5-11(2)6-7-13(9-16-10-13)17-8-12(14)15/h3-5H,6-10H2,1-2H3,(H,14,15). The van der Waals surface area contributed by atoms with Gasteiger partial charge in [-0.2, -0.15) is 0 Å². The lowest BCUT2D eigenvalue weighted by Gasteiger charge is -2.41. The summed E-state index contributed by atoms with van der Waals surface area (Å²) in [6.45, 7) is 4.78. The number of ether oxygens (including phenoxy) is 2. The van der Waals surface area contributed by atoms with Crippen molar-refractivity contribution in [3.05, 3.63) is 23.8 Å². The average Bonchev–Trinajstić information content (AvgIpc) is 2.24. The molecule has 1 N–H and O–H groups in total. The SMILES string of the molecule is CC=CC=C(C)CCC1(OCC(=O)O)COC1. The molecule has 0 amide bonds. The molecule has 1 rings (SSSR count). The molecule has 17 heavy (non-hydrogen) atoms. The zero-order chi connectivity index (χ0) is 12.7. The third-order valence-electron chi connectivity index (χ3n) is 2.78. The monoisotopic (exact) mass is 240 g/mol. The fourth-order valence-electron chi connectivity index (χ4n) is 1.61. The van der Waals surface area contributed by atoms with Crippen molar-refractivity contribution in [2.24, 2.45) is 0 Å². The van der Waals surface area contributed by atoms with Gasteiger partial charge in [0, 0.05) is 0 Å². The van der Waals surface area contributed by atoms with E-state index in [0.717, 1.165) is 12.8 Å². The summed E-state index contributed by atoms with van der Waals surface area (Å²) < 4.78 is 10.5. The van der Waals surface area contributed by atoms with Crippen LogP contribution >= 0.6 is 0 Å². The molecule has 1 fully saturated rings. The Morgan fingerprint density at radius 2 is 2.24 bits per heavy atom. The van der Waals surface area contributed by atoms with E-state index >= 15 is 0 Å². The molecule has 0 saturated carbocycles. The lowest BCUT2D eigenvalue weighted by Crippen LogP contribution is -2.52. The number of carbonyl (C=O) groups is 1. The van der Waals surface area contributed by atoms with Crippen LogP contribution in [0.4, 0.5) is 0 Å². The Morgan fingerprint density at radius 1 is 1.53 bits per heavy atom. The number of rotatable bonds is 7. The van der Waals surface area contributed by atoms with Crippen molar-refractivity contribution in [3.63, 3.8) is 0 Å². The largest absolute Gasteiger partial charge is 0.480 e. The Hall–Kier alpha value is -1.13. The van der Waals surface area contributed by atoms with Gasteiger partial charge in [-0.1, -0.05) is 23.8 Å². The molecule has 1 heterocycles. The highest BCUT2D eigenvalue weighted by Gasteiger charge is 2.39. The van der Waals surface area contributed by atoms with E-state index in [1.165, 1.54) is 5.57 Å². The summed E-state index contributed by atoms with van der Waals surface area (Å²) in [6.07, 6.45) is 7.74. The van der Waals surface area contributed by atoms with Crippen molar-refractivity contribution in [2.45, 2.75) is 32.3 Å². The second-order valence-electron chi connectivity index (χ2n) is 4.40. The van der Waals surface area contributed by atoms with E-state index in [9.17, 15) is 4.79 Å². The first-order valence-corrected chi connectivity index (χ1v) is 5.80. The molecule has 0 spiro atoms. The predicted octanol–water partition coefficient (Wildman–Crippen LogP) is 2.16. The highest BCUT2D eigenvalue weighted by atomic mass is 16.6. The van der Waals surface area contributed by atoms with Gasteiger partial charge in [-0.15, -0.1) is 0 Å². The number of hydrogen-bond acceptors (Lipinski definition) is 3. The summed E-state index contributed by atoms with van der Waals surface area (Å²) in [5.41, 5.74) is 0.872. The highest BCUT2D eigenvalue weighted by Crippen LogP contribution is 2.28. The van der Waals surface area contributed by atoms with Gasteiger partial charge < -0.3 is 14.6 Å². The van der Waals surface area contributed by atoms with Crippen LogP contribution in [0.1, 0.15) is 26.7 Å². The fraction of sp³-hybridized carbons (Fsp3) is 0.615. The summed E-state index contributed by atoms with van der Waals surface area (Å²) >= 11 is 0. The van der Waals surface area contributed by atoms with E-state index in [1.807, 2.05) is 19.1 Å². The van der Waals surface area contributed by atoms with Crippen molar-refractivity contribution in [3.8, 4) is 0 Å². The molecule has 96 valence electrons. The minimum Gasteiger partial charge on any atom is -0.480 e. The smallest absolute Gasteiger partial charge is 0.329 e. The van der Waals surface area contributed by atoms with Crippen molar-refractivity contribution in [1.82, 2.24) is 0 Å². The molecule has 1 aliphatic heterocycles. The third-order valence-corrected chi connectivity index (χ3v) is 2.78. The normalized spacial score (nSPS) is 19.3. The van der Waals surface area contributed by atoms with Crippen LogP contribution < -0.4 is 0 Å². The number of hydrogen-bond donors (Lipinski definition) is 1. The third kappa shape index (κ3) is 4.71. The first kappa shape index (κ1) is 13.9. The fourth-order valence-corrected chi connectivity index (χ4v) is 1.61. The Kier molecular flexibility index (Phi) is 5.38. The maximum absolute atomic E-state index is 10.5. The second-order valence-corrected chi connectivity index (χ2v) is 4.40. The van der Waals surface area contributed by atoms with E-state index in [-0.39, 0.29) is 12.2 Å². The second kappa shape index (κ2) is 6.57. The molecule has 0 aromatic heterocycles. The van der Waals surface area contributed by atoms with Crippen LogP contribution in [0.2, 0.25) is 0 Å². The number of carboxylic acid groups (broad SMARTS) is 1. The maximum atomic E-state index is 10.5. The maximum Gasteiger partial charge on any atom is 0.329 e. The molecule has 4 heteroatoms. The lowest BCUT2D eigenvalue weighted by molar-refractivity contribution is -0.216. The summed E-state index contributed by atoms with van der Waals surface area (Å²) in [5, 5.41) is 8.60. The molecule has 0 aliphatic carbocycles. The number of carboxylic acids is 1. The summed E-state index contributed by atoms with van der Waals surface area (Å²) in [5.74, 6) is -0.933. The summed E-state index contributed by atoms with van der Waals surface area (Å²) in [7, 11) is 0. The number of allylic oxidation sites excluding steroid dienone is 4. The lowest BCUT2D eigenvalue weighted by atomic mass is 9.93. The Labute approximate surface area is 102 Å². The zero-order valence-electron chi connectivity index (χ0n) is 10.4. The van der Waals surface area contributed by atoms with Crippen LogP contribution in [-0.4, -0.2) is 36.5 Å². The van der Waals surface area contributed by atoms with Crippen molar-refractivity contribution in [1.29, 1.82) is 0 Å². The molecule has 1 saturated heterocycles. The van der Waals surface area contributed by atoms with Crippen LogP contribution in [0.15, 0.2) is 23.8 Å². The van der Waals surface area contributed by atoms with E-state index in [0.29, 0.717) is 13.2 Å². The van der Waals surface area contributed by atoms with Crippen LogP contribution in [0.3, 0.4) is 0 Å². The minimum absolute atomic E-state index is 0.249. The van der Waals surface area contributed by atoms with Crippen molar-refractivity contribution >= 4 is 5.97 Å². The first-order chi connectivity index (χ1) is 8.08. The average molecular weight is 240 g/mol. The Morgan fingerprint density at radius 3 is 2.71 bits per heavy atom. The Bertz CT molecular complexity index is 313. The van der Waals surface area contributed by atoms with Crippen LogP contribution in [0.25, 0.3) is 0 Å². The molecule has 0 aromatic carbocycles. The van der Waals surface area contributed by atoms with Gasteiger partial charge in [0.15, 0.2) is 0 Å². The first-order valence-electron chi connectivity index (χ1n) is 5.80. The molecule has 4 nitrogen and oxygen atoms in total. The molecule has 0 atom stereocenters. The van der Waals surface area contributed by atoms with Crippen LogP contribution in [0, 0.1) is 0 Å². The quantitative estimate of drug-likeness (QED) is 0.693. The number of aliphatic carboxylic acids is 1. The molecule has 1 aliphatic rings. The van der Waals surface area contributed by atoms with Gasteiger partial charge in [-0.3, -0.25) is 0 Å². The van der Waals surface area contributed by atoms with E-state index in [2.05, 4.69) is 13.0 Å². The van der Waals surface area contributed by atoms with Gasteiger partial charge in [0.25, 0.3) is 0 Å². The zero-order valence-corrected chi connectivity index (χ0v) is 10.4. The van der Waals surface area contributed by atoms with Crippen LogP contribution in [0.5, 0.6) is 0 Å². The predicted molar refractivity (Wildman–Crippen MR) is 64.9 cm³/mol. The van der Waals surface area contributed by atoms with Crippen molar-refractivity contribution in [2.75, 3.05) is 19.8 Å². The molecule has 0 radical (unpaired) electrons.